The predicted octanol–water partition coefficient (Wildman–Crippen LogP) is 1.84. The van der Waals surface area contributed by atoms with E-state index in [0.29, 0.717) is 6.54 Å². The topological polar surface area (TPSA) is 38.0 Å². The minimum atomic E-state index is -0.232. The molecule has 0 fully saturated rings. The number of rotatable bonds is 3. The molecule has 0 amide bonds. The van der Waals surface area contributed by atoms with Gasteiger partial charge in [0.25, 0.3) is 0 Å². The van der Waals surface area contributed by atoms with Crippen LogP contribution < -0.4 is 0 Å². The van der Waals surface area contributed by atoms with Gasteiger partial charge in [-0.25, -0.2) is 4.98 Å². The molecule has 1 aromatic rings. The maximum Gasteiger partial charge on any atom is 0.106 e. The second-order valence-corrected chi connectivity index (χ2v) is 4.43. The molecular weight excluding hydrogens is 188 g/mol. The average Bonchev–Trinajstić information content (AvgIpc) is 2.55. The number of nitrogens with zero attached hydrogens (tertiary/aromatic N) is 2. The van der Waals surface area contributed by atoms with E-state index in [4.69, 9.17) is 0 Å². The Morgan fingerprint density at radius 2 is 2.13 bits per heavy atom. The molecule has 3 heteroatoms. The molecule has 0 aromatic carbocycles. The third kappa shape index (κ3) is 2.07. The van der Waals surface area contributed by atoms with Crippen molar-refractivity contribution in [3.63, 3.8) is 0 Å². The van der Waals surface area contributed by atoms with Crippen molar-refractivity contribution < 1.29 is 5.11 Å². The van der Waals surface area contributed by atoms with Gasteiger partial charge in [0.2, 0.25) is 0 Å². The standard InChI is InChI=1S/C12H20N2O/c1-3-10(15)8-14-9(2)13-11-6-4-5-7-12(11)14/h10,15H,3-8H2,1-2H3. The summed E-state index contributed by atoms with van der Waals surface area (Å²) < 4.78 is 2.21. The maximum atomic E-state index is 9.71. The van der Waals surface area contributed by atoms with E-state index in [2.05, 4.69) is 9.55 Å². The lowest BCUT2D eigenvalue weighted by Gasteiger charge is -2.16. The lowest BCUT2D eigenvalue weighted by molar-refractivity contribution is 0.148. The Labute approximate surface area is 91.1 Å². The van der Waals surface area contributed by atoms with Crippen molar-refractivity contribution in [3.8, 4) is 0 Å². The van der Waals surface area contributed by atoms with Crippen molar-refractivity contribution in [2.45, 2.75) is 58.6 Å². The fourth-order valence-electron chi connectivity index (χ4n) is 2.32. The summed E-state index contributed by atoms with van der Waals surface area (Å²) in [6, 6.07) is 0. The van der Waals surface area contributed by atoms with E-state index in [-0.39, 0.29) is 6.10 Å². The molecule has 1 unspecified atom stereocenters. The smallest absolute Gasteiger partial charge is 0.106 e. The monoisotopic (exact) mass is 208 g/mol. The maximum absolute atomic E-state index is 9.71. The SMILES string of the molecule is CCC(O)Cn1c(C)nc2c1CCCC2. The van der Waals surface area contributed by atoms with Gasteiger partial charge in [0, 0.05) is 12.2 Å². The first kappa shape index (κ1) is 10.7. The van der Waals surface area contributed by atoms with Gasteiger partial charge in [-0.05, 0) is 39.0 Å². The molecule has 0 saturated carbocycles. The minimum absolute atomic E-state index is 0.232. The Hall–Kier alpha value is -0.830. The number of aliphatic hydroxyl groups is 1. The van der Waals surface area contributed by atoms with E-state index in [1.165, 1.54) is 24.2 Å². The Balaban J connectivity index is 2.25. The van der Waals surface area contributed by atoms with Gasteiger partial charge < -0.3 is 9.67 Å². The summed E-state index contributed by atoms with van der Waals surface area (Å²) in [4.78, 5) is 4.59. The third-order valence-electron chi connectivity index (χ3n) is 3.29. The van der Waals surface area contributed by atoms with Gasteiger partial charge in [0.05, 0.1) is 11.8 Å². The summed E-state index contributed by atoms with van der Waals surface area (Å²) in [5, 5.41) is 9.71. The first-order valence-electron chi connectivity index (χ1n) is 5.95. The fraction of sp³-hybridized carbons (Fsp3) is 0.750. The van der Waals surface area contributed by atoms with Crippen molar-refractivity contribution in [3.05, 3.63) is 17.2 Å². The number of aliphatic hydroxyl groups excluding tert-OH is 1. The van der Waals surface area contributed by atoms with E-state index in [9.17, 15) is 5.11 Å². The van der Waals surface area contributed by atoms with Gasteiger partial charge in [-0.15, -0.1) is 0 Å². The molecule has 2 rings (SSSR count). The van der Waals surface area contributed by atoms with Crippen LogP contribution in [-0.2, 0) is 19.4 Å². The first-order chi connectivity index (χ1) is 7.22. The van der Waals surface area contributed by atoms with Crippen LogP contribution in [0, 0.1) is 6.92 Å². The van der Waals surface area contributed by atoms with Gasteiger partial charge in [-0.3, -0.25) is 0 Å². The van der Waals surface area contributed by atoms with Crippen molar-refractivity contribution in [2.75, 3.05) is 0 Å². The molecule has 1 aromatic heterocycles. The van der Waals surface area contributed by atoms with Crippen molar-refractivity contribution in [1.82, 2.24) is 9.55 Å². The number of fused-ring (bicyclic) bond motifs is 1. The molecule has 1 aliphatic rings. The average molecular weight is 208 g/mol. The van der Waals surface area contributed by atoms with Crippen LogP contribution in [0.15, 0.2) is 0 Å². The second-order valence-electron chi connectivity index (χ2n) is 4.43. The molecule has 0 spiro atoms. The molecule has 0 saturated heterocycles. The Bertz CT molecular complexity index is 344. The van der Waals surface area contributed by atoms with Crippen LogP contribution in [0.2, 0.25) is 0 Å². The minimum Gasteiger partial charge on any atom is -0.391 e. The summed E-state index contributed by atoms with van der Waals surface area (Å²) in [5.41, 5.74) is 2.63. The Morgan fingerprint density at radius 3 is 2.87 bits per heavy atom. The Kier molecular flexibility index (Phi) is 3.10. The number of aromatic nitrogens is 2. The molecule has 0 aliphatic heterocycles. The van der Waals surface area contributed by atoms with Crippen LogP contribution in [0.5, 0.6) is 0 Å². The predicted molar refractivity (Wildman–Crippen MR) is 59.9 cm³/mol. The van der Waals surface area contributed by atoms with Crippen LogP contribution in [0.1, 0.15) is 43.4 Å². The summed E-state index contributed by atoms with van der Waals surface area (Å²) in [5.74, 6) is 1.06. The third-order valence-corrected chi connectivity index (χ3v) is 3.29. The summed E-state index contributed by atoms with van der Waals surface area (Å²) in [6.45, 7) is 4.77. The number of aryl methyl sites for hydroxylation is 2. The first-order valence-corrected chi connectivity index (χ1v) is 5.95. The quantitative estimate of drug-likeness (QED) is 0.823. The largest absolute Gasteiger partial charge is 0.391 e. The Morgan fingerprint density at radius 1 is 1.40 bits per heavy atom. The normalized spacial score (nSPS) is 17.5. The van der Waals surface area contributed by atoms with Crippen LogP contribution in [0.25, 0.3) is 0 Å². The van der Waals surface area contributed by atoms with Gasteiger partial charge in [0.15, 0.2) is 0 Å². The molecular formula is C12H20N2O. The van der Waals surface area contributed by atoms with E-state index in [0.717, 1.165) is 25.1 Å². The van der Waals surface area contributed by atoms with Gasteiger partial charge in [-0.1, -0.05) is 6.92 Å². The van der Waals surface area contributed by atoms with Gasteiger partial charge in [0.1, 0.15) is 5.82 Å². The van der Waals surface area contributed by atoms with Crippen molar-refractivity contribution >= 4 is 0 Å². The van der Waals surface area contributed by atoms with Crippen LogP contribution in [-0.4, -0.2) is 20.8 Å². The highest BCUT2D eigenvalue weighted by atomic mass is 16.3. The zero-order valence-electron chi connectivity index (χ0n) is 9.66. The molecule has 0 radical (unpaired) electrons. The van der Waals surface area contributed by atoms with E-state index >= 15 is 0 Å². The van der Waals surface area contributed by atoms with Crippen molar-refractivity contribution in [2.24, 2.45) is 0 Å². The van der Waals surface area contributed by atoms with E-state index in [1.807, 2.05) is 13.8 Å². The number of hydrogen-bond donors (Lipinski definition) is 1. The molecule has 3 nitrogen and oxygen atoms in total. The summed E-state index contributed by atoms with van der Waals surface area (Å²) in [7, 11) is 0. The molecule has 1 N–H and O–H groups in total. The highest BCUT2D eigenvalue weighted by molar-refractivity contribution is 5.19. The molecule has 0 bridgehead atoms. The van der Waals surface area contributed by atoms with Gasteiger partial charge in [-0.2, -0.15) is 0 Å². The van der Waals surface area contributed by atoms with Crippen molar-refractivity contribution in [1.29, 1.82) is 0 Å². The molecule has 1 atom stereocenters. The number of imidazole rings is 1. The fourth-order valence-corrected chi connectivity index (χ4v) is 2.32. The molecule has 1 aliphatic carbocycles. The molecule has 84 valence electrons. The van der Waals surface area contributed by atoms with E-state index < -0.39 is 0 Å². The zero-order valence-corrected chi connectivity index (χ0v) is 9.66. The van der Waals surface area contributed by atoms with Gasteiger partial charge >= 0.3 is 0 Å². The summed E-state index contributed by atoms with van der Waals surface area (Å²) >= 11 is 0. The second kappa shape index (κ2) is 4.35. The van der Waals surface area contributed by atoms with Crippen LogP contribution >= 0.6 is 0 Å². The number of hydrogen-bond acceptors (Lipinski definition) is 2. The lowest BCUT2D eigenvalue weighted by Crippen LogP contribution is -2.18. The highest BCUT2D eigenvalue weighted by Gasteiger charge is 2.18. The molecule has 1 heterocycles. The van der Waals surface area contributed by atoms with E-state index in [1.54, 1.807) is 0 Å². The lowest BCUT2D eigenvalue weighted by atomic mass is 10.0. The highest BCUT2D eigenvalue weighted by Crippen LogP contribution is 2.22. The van der Waals surface area contributed by atoms with Crippen LogP contribution in [0.3, 0.4) is 0 Å². The molecule has 15 heavy (non-hydrogen) atoms. The van der Waals surface area contributed by atoms with Crippen LogP contribution in [0.4, 0.5) is 0 Å². The summed E-state index contributed by atoms with van der Waals surface area (Å²) in [6.07, 6.45) is 5.36. The zero-order chi connectivity index (χ0) is 10.8.